The first-order valence-corrected chi connectivity index (χ1v) is 7.29. The summed E-state index contributed by atoms with van der Waals surface area (Å²) in [5.41, 5.74) is -0.766. The lowest BCUT2D eigenvalue weighted by molar-refractivity contribution is -0.132. The molecule has 0 bridgehead atoms. The van der Waals surface area contributed by atoms with Crippen molar-refractivity contribution in [1.29, 1.82) is 0 Å². The van der Waals surface area contributed by atoms with Gasteiger partial charge < -0.3 is 19.0 Å². The van der Waals surface area contributed by atoms with E-state index in [9.17, 15) is 14.7 Å². The van der Waals surface area contributed by atoms with Crippen LogP contribution >= 0.6 is 0 Å². The van der Waals surface area contributed by atoms with Gasteiger partial charge >= 0.3 is 11.6 Å². The molecule has 0 spiro atoms. The van der Waals surface area contributed by atoms with Crippen molar-refractivity contribution in [2.75, 3.05) is 6.61 Å². The summed E-state index contributed by atoms with van der Waals surface area (Å²) in [5, 5.41) is 10.3. The Hall–Kier alpha value is -2.76. The fourth-order valence-corrected chi connectivity index (χ4v) is 2.00. The Bertz CT molecular complexity index is 788. The lowest BCUT2D eigenvalue weighted by Gasteiger charge is -2.08. The molecular weight excluding hydrogens is 300 g/mol. The van der Waals surface area contributed by atoms with Gasteiger partial charge in [-0.25, -0.2) is 4.79 Å². The van der Waals surface area contributed by atoms with Gasteiger partial charge in [0.25, 0.3) is 5.75 Å². The van der Waals surface area contributed by atoms with Crippen LogP contribution in [0.25, 0.3) is 11.0 Å². The van der Waals surface area contributed by atoms with Gasteiger partial charge in [-0.1, -0.05) is 19.1 Å². The van der Waals surface area contributed by atoms with E-state index in [1.54, 1.807) is 6.07 Å². The summed E-state index contributed by atoms with van der Waals surface area (Å²) in [4.78, 5) is 22.7. The van der Waals surface area contributed by atoms with Crippen molar-refractivity contribution in [1.82, 2.24) is 0 Å². The van der Waals surface area contributed by atoms with Gasteiger partial charge in [-0.3, -0.25) is 4.79 Å². The summed E-state index contributed by atoms with van der Waals surface area (Å²) in [6.07, 6.45) is 5.83. The number of hydrogen-bond donors (Lipinski definition) is 1. The second-order valence-corrected chi connectivity index (χ2v) is 4.84. The molecular formula is C17H18O6. The van der Waals surface area contributed by atoms with Crippen LogP contribution in [-0.4, -0.2) is 17.7 Å². The predicted octanol–water partition coefficient (Wildman–Crippen LogP) is 3.16. The van der Waals surface area contributed by atoms with Crippen LogP contribution in [0, 0.1) is 0 Å². The van der Waals surface area contributed by atoms with Gasteiger partial charge in [0.05, 0.1) is 12.0 Å². The first kappa shape index (κ1) is 16.6. The second-order valence-electron chi connectivity index (χ2n) is 4.84. The molecule has 23 heavy (non-hydrogen) atoms. The summed E-state index contributed by atoms with van der Waals surface area (Å²) in [6.45, 7) is 3.68. The summed E-state index contributed by atoms with van der Waals surface area (Å²) < 4.78 is 15.3. The third-order valence-corrected chi connectivity index (χ3v) is 3.01. The van der Waals surface area contributed by atoms with Crippen molar-refractivity contribution in [3.63, 3.8) is 0 Å². The summed E-state index contributed by atoms with van der Waals surface area (Å²) >= 11 is 0. The largest absolute Gasteiger partial charge is 0.504 e. The van der Waals surface area contributed by atoms with E-state index in [1.807, 2.05) is 6.08 Å². The number of allylic oxidation sites excluding steroid dienone is 1. The van der Waals surface area contributed by atoms with Crippen LogP contribution in [-0.2, 0) is 4.79 Å². The Morgan fingerprint density at radius 1 is 1.35 bits per heavy atom. The smallest absolute Gasteiger partial charge is 0.383 e. The van der Waals surface area contributed by atoms with Crippen molar-refractivity contribution >= 4 is 16.9 Å². The van der Waals surface area contributed by atoms with E-state index in [4.69, 9.17) is 9.15 Å². The number of rotatable bonds is 6. The fraction of sp³-hybridized carbons (Fsp3) is 0.294. The average molecular weight is 318 g/mol. The lowest BCUT2D eigenvalue weighted by Crippen LogP contribution is -2.11. The SMILES string of the molecule is CC/C=C/CCOc1ccc2c(O)c(OC(C)=O)c(=O)oc2c1. The van der Waals surface area contributed by atoms with E-state index in [0.29, 0.717) is 12.4 Å². The summed E-state index contributed by atoms with van der Waals surface area (Å²) in [6, 6.07) is 4.69. The van der Waals surface area contributed by atoms with Gasteiger partial charge in [-0.2, -0.15) is 0 Å². The third-order valence-electron chi connectivity index (χ3n) is 3.01. The first-order valence-electron chi connectivity index (χ1n) is 7.29. The molecule has 1 aromatic carbocycles. The standard InChI is InChI=1S/C17H18O6/c1-3-4-5-6-9-21-12-7-8-13-14(10-12)23-17(20)16(15(13)19)22-11(2)18/h4-5,7-8,10,19H,3,6,9H2,1-2H3/b5-4+. The minimum Gasteiger partial charge on any atom is -0.504 e. The number of hydrogen-bond acceptors (Lipinski definition) is 6. The highest BCUT2D eigenvalue weighted by molar-refractivity contribution is 5.87. The number of fused-ring (bicyclic) bond motifs is 1. The number of esters is 1. The highest BCUT2D eigenvalue weighted by Crippen LogP contribution is 2.33. The molecule has 0 aliphatic rings. The van der Waals surface area contributed by atoms with E-state index in [1.165, 1.54) is 12.1 Å². The number of ether oxygens (including phenoxy) is 2. The maximum atomic E-state index is 11.8. The van der Waals surface area contributed by atoms with Crippen LogP contribution in [0.5, 0.6) is 17.2 Å². The van der Waals surface area contributed by atoms with Crippen molar-refractivity contribution < 1.29 is 23.8 Å². The van der Waals surface area contributed by atoms with Crippen LogP contribution < -0.4 is 15.1 Å². The zero-order chi connectivity index (χ0) is 16.8. The highest BCUT2D eigenvalue weighted by Gasteiger charge is 2.17. The van der Waals surface area contributed by atoms with Crippen LogP contribution in [0.2, 0.25) is 0 Å². The van der Waals surface area contributed by atoms with Gasteiger partial charge in [0.2, 0.25) is 0 Å². The molecule has 0 saturated carbocycles. The minimum absolute atomic E-state index is 0.157. The molecule has 0 radical (unpaired) electrons. The van der Waals surface area contributed by atoms with Gasteiger partial charge in [-0.05, 0) is 25.0 Å². The predicted molar refractivity (Wildman–Crippen MR) is 85.0 cm³/mol. The van der Waals surface area contributed by atoms with E-state index >= 15 is 0 Å². The summed E-state index contributed by atoms with van der Waals surface area (Å²) in [7, 11) is 0. The van der Waals surface area contributed by atoms with Gasteiger partial charge in [-0.15, -0.1) is 0 Å². The molecule has 2 aromatic rings. The molecule has 1 N–H and O–H groups in total. The zero-order valence-electron chi connectivity index (χ0n) is 13.0. The van der Waals surface area contributed by atoms with E-state index in [-0.39, 0.29) is 11.0 Å². The molecule has 0 fully saturated rings. The normalized spacial score (nSPS) is 11.0. The Labute approximate surface area is 132 Å². The van der Waals surface area contributed by atoms with Crippen molar-refractivity contribution in [2.45, 2.75) is 26.7 Å². The summed E-state index contributed by atoms with van der Waals surface area (Å²) in [5.74, 6) is -1.13. The molecule has 0 aliphatic carbocycles. The van der Waals surface area contributed by atoms with Crippen molar-refractivity contribution in [2.24, 2.45) is 0 Å². The van der Waals surface area contributed by atoms with Crippen LogP contribution in [0.1, 0.15) is 26.7 Å². The molecule has 0 unspecified atom stereocenters. The van der Waals surface area contributed by atoms with Gasteiger partial charge in [0.15, 0.2) is 5.75 Å². The number of aromatic hydroxyl groups is 1. The van der Waals surface area contributed by atoms with Crippen molar-refractivity contribution in [3.8, 4) is 17.2 Å². The first-order chi connectivity index (χ1) is 11.0. The molecule has 0 amide bonds. The molecule has 6 nitrogen and oxygen atoms in total. The Balaban J connectivity index is 2.25. The second kappa shape index (κ2) is 7.49. The van der Waals surface area contributed by atoms with Gasteiger partial charge in [0.1, 0.15) is 11.3 Å². The Morgan fingerprint density at radius 3 is 2.83 bits per heavy atom. The molecule has 6 heteroatoms. The molecule has 2 rings (SSSR count). The highest BCUT2D eigenvalue weighted by atomic mass is 16.6. The Morgan fingerprint density at radius 2 is 2.13 bits per heavy atom. The van der Waals surface area contributed by atoms with E-state index in [0.717, 1.165) is 19.8 Å². The maximum absolute atomic E-state index is 11.8. The van der Waals surface area contributed by atoms with Crippen molar-refractivity contribution in [3.05, 3.63) is 40.8 Å². The molecule has 1 aromatic heterocycles. The minimum atomic E-state index is -0.923. The molecule has 122 valence electrons. The monoisotopic (exact) mass is 318 g/mol. The fourth-order valence-electron chi connectivity index (χ4n) is 2.00. The average Bonchev–Trinajstić information content (AvgIpc) is 2.51. The van der Waals surface area contributed by atoms with Crippen LogP contribution in [0.4, 0.5) is 0 Å². The van der Waals surface area contributed by atoms with Crippen LogP contribution in [0.3, 0.4) is 0 Å². The van der Waals surface area contributed by atoms with Gasteiger partial charge in [0, 0.05) is 13.0 Å². The Kier molecular flexibility index (Phi) is 5.41. The number of carbonyl (C=O) groups is 1. The van der Waals surface area contributed by atoms with E-state index in [2.05, 4.69) is 17.7 Å². The van der Waals surface area contributed by atoms with Crippen LogP contribution in [0.15, 0.2) is 39.6 Å². The molecule has 0 atom stereocenters. The quantitative estimate of drug-likeness (QED) is 0.381. The molecule has 0 aliphatic heterocycles. The topological polar surface area (TPSA) is 86.0 Å². The zero-order valence-corrected chi connectivity index (χ0v) is 13.0. The maximum Gasteiger partial charge on any atom is 0.383 e. The lowest BCUT2D eigenvalue weighted by atomic mass is 10.2. The van der Waals surface area contributed by atoms with E-state index < -0.39 is 23.1 Å². The number of benzene rings is 1. The third kappa shape index (κ3) is 4.12. The molecule has 1 heterocycles. The molecule has 0 saturated heterocycles. The number of carbonyl (C=O) groups excluding carboxylic acids is 1.